The van der Waals surface area contributed by atoms with Gasteiger partial charge in [0.1, 0.15) is 29.8 Å². The molecule has 40 heavy (non-hydrogen) atoms. The SMILES string of the molecule is Nc1nc(Nc2ccc(N3CCNCC3)nc2)nc2c(-c3ccc(OCCN4CCOCC4)cc3F)cccc12. The number of nitrogen functional groups attached to an aromatic ring is 1. The number of hydrogen-bond acceptors (Lipinski definition) is 10. The predicted molar refractivity (Wildman–Crippen MR) is 155 cm³/mol. The molecule has 6 rings (SSSR count). The van der Waals surface area contributed by atoms with E-state index in [9.17, 15) is 0 Å². The molecule has 2 fully saturated rings. The zero-order valence-corrected chi connectivity index (χ0v) is 22.3. The van der Waals surface area contributed by atoms with Gasteiger partial charge in [-0.15, -0.1) is 0 Å². The smallest absolute Gasteiger partial charge is 0.229 e. The van der Waals surface area contributed by atoms with Gasteiger partial charge in [-0.05, 0) is 30.3 Å². The molecule has 0 aliphatic carbocycles. The third kappa shape index (κ3) is 5.91. The summed E-state index contributed by atoms with van der Waals surface area (Å²) in [6.07, 6.45) is 1.75. The fourth-order valence-electron chi connectivity index (χ4n) is 5.04. The number of ether oxygens (including phenoxy) is 2. The van der Waals surface area contributed by atoms with Crippen molar-refractivity contribution in [1.29, 1.82) is 0 Å². The van der Waals surface area contributed by atoms with E-state index in [0.29, 0.717) is 46.2 Å². The first-order valence-corrected chi connectivity index (χ1v) is 13.6. The highest BCUT2D eigenvalue weighted by atomic mass is 19.1. The van der Waals surface area contributed by atoms with Gasteiger partial charge in [0.05, 0.1) is 30.6 Å². The van der Waals surface area contributed by atoms with Crippen molar-refractivity contribution < 1.29 is 13.9 Å². The Morgan fingerprint density at radius 2 is 1.85 bits per heavy atom. The van der Waals surface area contributed by atoms with Gasteiger partial charge < -0.3 is 30.7 Å². The molecule has 2 saturated heterocycles. The van der Waals surface area contributed by atoms with Crippen LogP contribution >= 0.6 is 0 Å². The minimum Gasteiger partial charge on any atom is -0.492 e. The lowest BCUT2D eigenvalue weighted by Gasteiger charge is -2.28. The lowest BCUT2D eigenvalue weighted by molar-refractivity contribution is 0.0322. The third-order valence-electron chi connectivity index (χ3n) is 7.21. The molecule has 10 nitrogen and oxygen atoms in total. The minimum absolute atomic E-state index is 0.309. The lowest BCUT2D eigenvalue weighted by Crippen LogP contribution is -2.43. The normalized spacial score (nSPS) is 16.3. The van der Waals surface area contributed by atoms with E-state index < -0.39 is 5.82 Å². The lowest BCUT2D eigenvalue weighted by atomic mass is 10.0. The summed E-state index contributed by atoms with van der Waals surface area (Å²) in [5.41, 5.74) is 8.65. The summed E-state index contributed by atoms with van der Waals surface area (Å²) in [6, 6.07) is 14.3. The molecule has 2 aliphatic heterocycles. The number of rotatable bonds is 8. The monoisotopic (exact) mass is 544 g/mol. The van der Waals surface area contributed by atoms with Crippen molar-refractivity contribution in [2.24, 2.45) is 0 Å². The Bertz CT molecular complexity index is 1460. The number of piperazine rings is 1. The second kappa shape index (κ2) is 12.0. The second-order valence-electron chi connectivity index (χ2n) is 9.85. The maximum Gasteiger partial charge on any atom is 0.229 e. The number of aromatic nitrogens is 3. The fraction of sp³-hybridized carbons (Fsp3) is 0.345. The molecule has 4 heterocycles. The quantitative estimate of drug-likeness (QED) is 0.305. The molecule has 0 saturated carbocycles. The average Bonchev–Trinajstić information content (AvgIpc) is 2.99. The van der Waals surface area contributed by atoms with Gasteiger partial charge in [-0.3, -0.25) is 4.90 Å². The van der Waals surface area contributed by atoms with Crippen LogP contribution in [0.2, 0.25) is 0 Å². The molecule has 0 atom stereocenters. The summed E-state index contributed by atoms with van der Waals surface area (Å²) in [6.45, 7) is 8.23. The Hall–Kier alpha value is -4.06. The first kappa shape index (κ1) is 26.2. The van der Waals surface area contributed by atoms with Crippen LogP contribution in [0.4, 0.5) is 27.7 Å². The first-order valence-electron chi connectivity index (χ1n) is 13.6. The summed E-state index contributed by atoms with van der Waals surface area (Å²) in [4.78, 5) is 18.3. The average molecular weight is 545 g/mol. The maximum absolute atomic E-state index is 15.4. The predicted octanol–water partition coefficient (Wildman–Crippen LogP) is 3.28. The van der Waals surface area contributed by atoms with Crippen LogP contribution in [0.1, 0.15) is 0 Å². The molecule has 4 N–H and O–H groups in total. The Kier molecular flexibility index (Phi) is 7.85. The fourth-order valence-corrected chi connectivity index (χ4v) is 5.04. The second-order valence-corrected chi connectivity index (χ2v) is 9.85. The van der Waals surface area contributed by atoms with Crippen LogP contribution in [0.25, 0.3) is 22.0 Å². The number of para-hydroxylation sites is 1. The number of pyridine rings is 1. The van der Waals surface area contributed by atoms with Gasteiger partial charge in [-0.25, -0.2) is 14.4 Å². The molecule has 0 unspecified atom stereocenters. The van der Waals surface area contributed by atoms with E-state index in [-0.39, 0.29) is 0 Å². The van der Waals surface area contributed by atoms with Gasteiger partial charge in [0.2, 0.25) is 5.95 Å². The molecule has 208 valence electrons. The summed E-state index contributed by atoms with van der Waals surface area (Å²) < 4.78 is 26.6. The van der Waals surface area contributed by atoms with E-state index in [1.54, 1.807) is 18.3 Å². The maximum atomic E-state index is 15.4. The van der Waals surface area contributed by atoms with Gasteiger partial charge in [-0.2, -0.15) is 4.98 Å². The topological polar surface area (TPSA) is 114 Å². The van der Waals surface area contributed by atoms with E-state index in [2.05, 4.69) is 30.4 Å². The molecule has 2 aliphatic rings. The van der Waals surface area contributed by atoms with E-state index in [0.717, 1.165) is 70.5 Å². The zero-order chi connectivity index (χ0) is 27.3. The molecule has 0 amide bonds. The van der Waals surface area contributed by atoms with Crippen molar-refractivity contribution in [3.8, 4) is 16.9 Å². The van der Waals surface area contributed by atoms with E-state index in [1.807, 2.05) is 30.3 Å². The largest absolute Gasteiger partial charge is 0.492 e. The van der Waals surface area contributed by atoms with Crippen molar-refractivity contribution in [3.63, 3.8) is 0 Å². The van der Waals surface area contributed by atoms with Gasteiger partial charge in [0.25, 0.3) is 0 Å². The molecular weight excluding hydrogens is 511 g/mol. The Labute approximate surface area is 232 Å². The number of hydrogen-bond donors (Lipinski definition) is 3. The molecule has 0 bridgehead atoms. The van der Waals surface area contributed by atoms with Crippen molar-refractivity contribution in [2.75, 3.05) is 81.6 Å². The van der Waals surface area contributed by atoms with E-state index in [4.69, 9.17) is 20.2 Å². The van der Waals surface area contributed by atoms with Crippen LogP contribution in [-0.4, -0.2) is 85.5 Å². The Morgan fingerprint density at radius 3 is 2.62 bits per heavy atom. The molecule has 2 aromatic heterocycles. The van der Waals surface area contributed by atoms with Crippen molar-refractivity contribution in [1.82, 2.24) is 25.2 Å². The molecule has 11 heteroatoms. The van der Waals surface area contributed by atoms with E-state index >= 15 is 4.39 Å². The van der Waals surface area contributed by atoms with Crippen LogP contribution in [0.5, 0.6) is 5.75 Å². The number of benzene rings is 2. The first-order chi connectivity index (χ1) is 19.6. The third-order valence-corrected chi connectivity index (χ3v) is 7.21. The molecule has 4 aromatic rings. The highest BCUT2D eigenvalue weighted by molar-refractivity contribution is 5.99. The van der Waals surface area contributed by atoms with Crippen molar-refractivity contribution in [2.45, 2.75) is 0 Å². The highest BCUT2D eigenvalue weighted by Crippen LogP contribution is 2.33. The number of halogens is 1. The minimum atomic E-state index is -0.393. The number of nitrogens with one attached hydrogen (secondary N) is 2. The van der Waals surface area contributed by atoms with Crippen LogP contribution in [0.15, 0.2) is 54.7 Å². The van der Waals surface area contributed by atoms with Crippen LogP contribution in [0.3, 0.4) is 0 Å². The highest BCUT2D eigenvalue weighted by Gasteiger charge is 2.16. The Balaban J connectivity index is 1.20. The van der Waals surface area contributed by atoms with Gasteiger partial charge in [0, 0.05) is 68.4 Å². The van der Waals surface area contributed by atoms with E-state index in [1.165, 1.54) is 6.07 Å². The molecule has 0 radical (unpaired) electrons. The van der Waals surface area contributed by atoms with Gasteiger partial charge in [-0.1, -0.05) is 12.1 Å². The Morgan fingerprint density at radius 1 is 1.00 bits per heavy atom. The number of morpholine rings is 1. The zero-order valence-electron chi connectivity index (χ0n) is 22.3. The number of nitrogens with zero attached hydrogens (tertiary/aromatic N) is 5. The van der Waals surface area contributed by atoms with Gasteiger partial charge >= 0.3 is 0 Å². The number of nitrogens with two attached hydrogens (primary N) is 1. The summed E-state index contributed by atoms with van der Waals surface area (Å²) in [5, 5.41) is 7.20. The van der Waals surface area contributed by atoms with Crippen LogP contribution < -0.4 is 26.0 Å². The number of anilines is 4. The molecule has 2 aromatic carbocycles. The van der Waals surface area contributed by atoms with Crippen LogP contribution in [0, 0.1) is 5.82 Å². The molecular formula is C29H33FN8O2. The van der Waals surface area contributed by atoms with Crippen molar-refractivity contribution >= 4 is 34.2 Å². The van der Waals surface area contributed by atoms with Gasteiger partial charge in [0.15, 0.2) is 0 Å². The summed E-state index contributed by atoms with van der Waals surface area (Å²) in [7, 11) is 0. The molecule has 0 spiro atoms. The van der Waals surface area contributed by atoms with Crippen LogP contribution in [-0.2, 0) is 4.74 Å². The van der Waals surface area contributed by atoms with Crippen molar-refractivity contribution in [3.05, 3.63) is 60.5 Å². The number of fused-ring (bicyclic) bond motifs is 1. The standard InChI is InChI=1S/C29H33FN8O2/c30-25-18-21(40-17-14-37-12-15-39-16-13-37)5-6-22(25)23-2-1-3-24-27(23)35-29(36-28(24)31)34-20-4-7-26(33-19-20)38-10-8-32-9-11-38/h1-7,18-19,32H,8-17H2,(H3,31,34,35,36). The summed E-state index contributed by atoms with van der Waals surface area (Å²) >= 11 is 0. The summed E-state index contributed by atoms with van der Waals surface area (Å²) in [5.74, 6) is 1.65.